The lowest BCUT2D eigenvalue weighted by atomic mass is 10.1. The van der Waals surface area contributed by atoms with Crippen LogP contribution in [0.4, 0.5) is 11.5 Å². The molecule has 3 heteroatoms. The van der Waals surface area contributed by atoms with E-state index in [0.29, 0.717) is 0 Å². The molecular weight excluding hydrogens is 258 g/mol. The molecule has 0 spiro atoms. The van der Waals surface area contributed by atoms with Crippen LogP contribution in [0.5, 0.6) is 0 Å². The largest absolute Gasteiger partial charge is 0.326 e. The number of hydrogen-bond donors (Lipinski definition) is 1. The molecule has 0 atom stereocenters. The van der Waals surface area contributed by atoms with Gasteiger partial charge in [0.15, 0.2) is 0 Å². The Labute approximate surface area is 127 Å². The van der Waals surface area contributed by atoms with E-state index in [1.807, 2.05) is 0 Å². The van der Waals surface area contributed by atoms with E-state index < -0.39 is 0 Å². The number of pyridine rings is 1. The number of nitrogens with zero attached hydrogens (tertiary/aromatic N) is 2. The van der Waals surface area contributed by atoms with Crippen LogP contribution in [-0.2, 0) is 13.0 Å². The first-order valence-electron chi connectivity index (χ1n) is 7.74. The molecule has 0 saturated heterocycles. The van der Waals surface area contributed by atoms with Crippen molar-refractivity contribution in [2.24, 2.45) is 0 Å². The first kappa shape index (κ1) is 14.1. The summed E-state index contributed by atoms with van der Waals surface area (Å²) >= 11 is 0. The molecule has 1 N–H and O–H groups in total. The van der Waals surface area contributed by atoms with E-state index in [9.17, 15) is 0 Å². The minimum absolute atomic E-state index is 0.879. The highest BCUT2D eigenvalue weighted by Crippen LogP contribution is 2.36. The lowest BCUT2D eigenvalue weighted by molar-refractivity contribution is 0.718. The fraction of sp³-hybridized carbons (Fsp3) is 0.389. The summed E-state index contributed by atoms with van der Waals surface area (Å²) < 4.78 is 0. The van der Waals surface area contributed by atoms with Gasteiger partial charge in [-0.25, -0.2) is 4.98 Å². The number of benzene rings is 1. The molecule has 1 aliphatic heterocycles. The van der Waals surface area contributed by atoms with Crippen molar-refractivity contribution in [1.82, 2.24) is 10.3 Å². The molecule has 21 heavy (non-hydrogen) atoms. The van der Waals surface area contributed by atoms with Crippen LogP contribution < -0.4 is 10.2 Å². The van der Waals surface area contributed by atoms with E-state index in [1.54, 1.807) is 0 Å². The fourth-order valence-corrected chi connectivity index (χ4v) is 3.09. The lowest BCUT2D eigenvalue weighted by Gasteiger charge is -2.23. The van der Waals surface area contributed by atoms with Crippen LogP contribution in [0, 0.1) is 13.8 Å². The molecule has 1 aliphatic rings. The van der Waals surface area contributed by atoms with Crippen LogP contribution in [0.15, 0.2) is 30.3 Å². The first-order valence-corrected chi connectivity index (χ1v) is 7.74. The third-order valence-corrected chi connectivity index (χ3v) is 4.15. The minimum Gasteiger partial charge on any atom is -0.326 e. The molecule has 0 radical (unpaired) electrons. The van der Waals surface area contributed by atoms with E-state index in [2.05, 4.69) is 61.3 Å². The Bertz CT molecular complexity index is 649. The highest BCUT2D eigenvalue weighted by molar-refractivity contribution is 5.70. The van der Waals surface area contributed by atoms with Crippen LogP contribution >= 0.6 is 0 Å². The van der Waals surface area contributed by atoms with Crippen molar-refractivity contribution < 1.29 is 0 Å². The van der Waals surface area contributed by atoms with Crippen molar-refractivity contribution in [1.29, 1.82) is 0 Å². The van der Waals surface area contributed by atoms with Crippen LogP contribution in [0.1, 0.15) is 29.3 Å². The van der Waals surface area contributed by atoms with Gasteiger partial charge in [0.25, 0.3) is 0 Å². The number of hydrogen-bond acceptors (Lipinski definition) is 3. The van der Waals surface area contributed by atoms with Crippen LogP contribution in [0.3, 0.4) is 0 Å². The van der Waals surface area contributed by atoms with Gasteiger partial charge in [-0.15, -0.1) is 0 Å². The molecule has 2 heterocycles. The molecule has 1 aromatic heterocycles. The van der Waals surface area contributed by atoms with Gasteiger partial charge < -0.3 is 10.2 Å². The van der Waals surface area contributed by atoms with E-state index in [0.717, 1.165) is 37.6 Å². The zero-order valence-corrected chi connectivity index (χ0v) is 13.1. The quantitative estimate of drug-likeness (QED) is 0.929. The van der Waals surface area contributed by atoms with Gasteiger partial charge in [0, 0.05) is 30.0 Å². The highest BCUT2D eigenvalue weighted by atomic mass is 15.2. The Kier molecular flexibility index (Phi) is 3.93. The normalized spacial score (nSPS) is 13.6. The molecule has 0 amide bonds. The van der Waals surface area contributed by atoms with Crippen LogP contribution in [-0.4, -0.2) is 18.1 Å². The van der Waals surface area contributed by atoms with Gasteiger partial charge in [-0.3, -0.25) is 0 Å². The summed E-state index contributed by atoms with van der Waals surface area (Å²) in [6.07, 6.45) is 1.10. The van der Waals surface area contributed by atoms with Gasteiger partial charge in [-0.2, -0.15) is 0 Å². The third-order valence-electron chi connectivity index (χ3n) is 4.15. The molecule has 0 saturated carbocycles. The summed E-state index contributed by atoms with van der Waals surface area (Å²) in [5.41, 5.74) is 6.47. The zero-order valence-electron chi connectivity index (χ0n) is 13.1. The average Bonchev–Trinajstić information content (AvgIpc) is 2.89. The number of aromatic nitrogens is 1. The predicted molar refractivity (Wildman–Crippen MR) is 88.2 cm³/mol. The average molecular weight is 281 g/mol. The second-order valence-electron chi connectivity index (χ2n) is 5.69. The molecule has 0 unspecified atom stereocenters. The molecule has 1 aromatic carbocycles. The summed E-state index contributed by atoms with van der Waals surface area (Å²) in [5.74, 6) is 1.12. The van der Waals surface area contributed by atoms with E-state index in [1.165, 1.54) is 22.4 Å². The van der Waals surface area contributed by atoms with E-state index >= 15 is 0 Å². The van der Waals surface area contributed by atoms with Crippen LogP contribution in [0.2, 0.25) is 0 Å². The molecule has 0 aliphatic carbocycles. The van der Waals surface area contributed by atoms with Crippen molar-refractivity contribution in [2.75, 3.05) is 18.0 Å². The summed E-state index contributed by atoms with van der Waals surface area (Å²) in [5, 5.41) is 3.45. The smallest absolute Gasteiger partial charge is 0.138 e. The Hall–Kier alpha value is -1.87. The van der Waals surface area contributed by atoms with Gasteiger partial charge in [0.2, 0.25) is 0 Å². The Morgan fingerprint density at radius 1 is 1.24 bits per heavy atom. The van der Waals surface area contributed by atoms with E-state index in [-0.39, 0.29) is 0 Å². The number of anilines is 2. The highest BCUT2D eigenvalue weighted by Gasteiger charge is 2.23. The van der Waals surface area contributed by atoms with Gasteiger partial charge in [0.05, 0.1) is 0 Å². The molecule has 2 aromatic rings. The summed E-state index contributed by atoms with van der Waals surface area (Å²) in [6, 6.07) is 10.8. The number of fused-ring (bicyclic) bond motifs is 1. The molecule has 0 fully saturated rings. The van der Waals surface area contributed by atoms with E-state index in [4.69, 9.17) is 4.98 Å². The Balaban J connectivity index is 2.06. The maximum atomic E-state index is 4.85. The van der Waals surface area contributed by atoms with Gasteiger partial charge in [-0.05, 0) is 50.1 Å². The Morgan fingerprint density at radius 3 is 2.86 bits per heavy atom. The van der Waals surface area contributed by atoms with Crippen molar-refractivity contribution in [3.05, 3.63) is 52.7 Å². The topological polar surface area (TPSA) is 28.2 Å². The number of nitrogens with one attached hydrogen (secondary N) is 1. The predicted octanol–water partition coefficient (Wildman–Crippen LogP) is 3.50. The summed E-state index contributed by atoms with van der Waals surface area (Å²) in [4.78, 5) is 7.23. The summed E-state index contributed by atoms with van der Waals surface area (Å²) in [7, 11) is 0. The standard InChI is InChI=1S/C18H23N3/c1-4-19-12-16-13(2)11-14(3)20-18(16)21-10-9-15-7-5-6-8-17(15)21/h5-8,11,19H,4,9-10,12H2,1-3H3. The first-order chi connectivity index (χ1) is 10.2. The van der Waals surface area contributed by atoms with Crippen molar-refractivity contribution in [3.63, 3.8) is 0 Å². The van der Waals surface area contributed by atoms with Gasteiger partial charge >= 0.3 is 0 Å². The molecule has 110 valence electrons. The SMILES string of the molecule is CCNCc1c(C)cc(C)nc1N1CCc2ccccc21. The monoisotopic (exact) mass is 281 g/mol. The molecular formula is C18H23N3. The maximum Gasteiger partial charge on any atom is 0.138 e. The van der Waals surface area contributed by atoms with Crippen molar-refractivity contribution in [3.8, 4) is 0 Å². The number of para-hydroxylation sites is 1. The number of aryl methyl sites for hydroxylation is 2. The molecule has 3 rings (SSSR count). The van der Waals surface area contributed by atoms with Gasteiger partial charge in [0.1, 0.15) is 5.82 Å². The van der Waals surface area contributed by atoms with Crippen molar-refractivity contribution in [2.45, 2.75) is 33.7 Å². The fourth-order valence-electron chi connectivity index (χ4n) is 3.09. The summed E-state index contributed by atoms with van der Waals surface area (Å²) in [6.45, 7) is 9.28. The third kappa shape index (κ3) is 2.66. The van der Waals surface area contributed by atoms with Gasteiger partial charge in [-0.1, -0.05) is 25.1 Å². The van der Waals surface area contributed by atoms with Crippen molar-refractivity contribution >= 4 is 11.5 Å². The second kappa shape index (κ2) is 5.86. The second-order valence-corrected chi connectivity index (χ2v) is 5.69. The minimum atomic E-state index is 0.879. The maximum absolute atomic E-state index is 4.85. The molecule has 3 nitrogen and oxygen atoms in total. The lowest BCUT2D eigenvalue weighted by Crippen LogP contribution is -2.21. The Morgan fingerprint density at radius 2 is 2.05 bits per heavy atom. The number of rotatable bonds is 4. The van der Waals surface area contributed by atoms with Crippen LogP contribution in [0.25, 0.3) is 0 Å². The molecule has 0 bridgehead atoms. The zero-order chi connectivity index (χ0) is 14.8.